The standard InChI is InChI=1S/C10H15BBr2/c11-8-1-7-2-9(12,4-8)6-10(13,3-7)5-8/h7H,1-6,11H2. The van der Waals surface area contributed by atoms with E-state index in [9.17, 15) is 0 Å². The van der Waals surface area contributed by atoms with E-state index in [0.29, 0.717) is 14.0 Å². The molecule has 4 fully saturated rings. The number of hydrogen-bond donors (Lipinski definition) is 0. The predicted molar refractivity (Wildman–Crippen MR) is 65.7 cm³/mol. The molecule has 0 heterocycles. The van der Waals surface area contributed by atoms with Crippen molar-refractivity contribution in [2.75, 3.05) is 0 Å². The molecular formula is C10H15BBr2. The molecule has 2 unspecified atom stereocenters. The molecule has 4 saturated carbocycles. The molecule has 4 aliphatic rings. The van der Waals surface area contributed by atoms with Gasteiger partial charge in [-0.25, -0.2) is 0 Å². The smallest absolute Gasteiger partial charge is 0.0853 e. The molecule has 0 aliphatic heterocycles. The molecular weight excluding hydrogens is 291 g/mol. The molecule has 0 aromatic carbocycles. The monoisotopic (exact) mass is 304 g/mol. The van der Waals surface area contributed by atoms with E-state index < -0.39 is 0 Å². The minimum Gasteiger partial charge on any atom is -0.0853 e. The molecule has 0 aromatic rings. The first kappa shape index (κ1) is 9.27. The minimum absolute atomic E-state index is 0.491. The van der Waals surface area contributed by atoms with Crippen LogP contribution in [0.1, 0.15) is 38.5 Å². The number of halogens is 2. The van der Waals surface area contributed by atoms with Crippen molar-refractivity contribution in [3.8, 4) is 0 Å². The highest BCUT2D eigenvalue weighted by molar-refractivity contribution is 9.10. The van der Waals surface area contributed by atoms with Gasteiger partial charge in [-0.2, -0.15) is 0 Å². The summed E-state index contributed by atoms with van der Waals surface area (Å²) < 4.78 is 0.981. The SMILES string of the molecule is BC12CC3CC(Br)(C1)CC(Br)(C3)C2. The maximum absolute atomic E-state index is 4.00. The van der Waals surface area contributed by atoms with Gasteiger partial charge in [-0.05, 0) is 38.0 Å². The van der Waals surface area contributed by atoms with Crippen molar-refractivity contribution in [1.29, 1.82) is 0 Å². The van der Waals surface area contributed by atoms with Gasteiger partial charge in [0.25, 0.3) is 0 Å². The molecule has 0 amide bonds. The Bertz CT molecular complexity index is 215. The Balaban J connectivity index is 2.03. The molecule has 0 saturated heterocycles. The van der Waals surface area contributed by atoms with Crippen molar-refractivity contribution < 1.29 is 0 Å². The van der Waals surface area contributed by atoms with Gasteiger partial charge < -0.3 is 0 Å². The lowest BCUT2D eigenvalue weighted by Crippen LogP contribution is -2.56. The molecule has 0 aromatic heterocycles. The van der Waals surface area contributed by atoms with E-state index in [0.717, 1.165) is 5.92 Å². The highest BCUT2D eigenvalue weighted by Crippen LogP contribution is 2.70. The topological polar surface area (TPSA) is 0 Å². The lowest BCUT2D eigenvalue weighted by molar-refractivity contribution is 0.0751. The molecule has 0 radical (unpaired) electrons. The average molecular weight is 306 g/mol. The van der Waals surface area contributed by atoms with E-state index in [1.807, 2.05) is 0 Å². The fourth-order valence-corrected chi connectivity index (χ4v) is 8.39. The summed E-state index contributed by atoms with van der Waals surface area (Å²) in [4.78, 5) is 0. The first-order valence-electron chi connectivity index (χ1n) is 5.28. The molecule has 0 N–H and O–H groups in total. The summed E-state index contributed by atoms with van der Waals surface area (Å²) in [5, 5.41) is 0.631. The van der Waals surface area contributed by atoms with Crippen LogP contribution in [-0.2, 0) is 0 Å². The van der Waals surface area contributed by atoms with Crippen LogP contribution in [0.3, 0.4) is 0 Å². The Morgan fingerprint density at radius 2 is 1.46 bits per heavy atom. The van der Waals surface area contributed by atoms with Crippen molar-refractivity contribution in [2.24, 2.45) is 5.92 Å². The second-order valence-electron chi connectivity index (χ2n) is 6.12. The third-order valence-corrected chi connectivity index (χ3v) is 5.98. The third kappa shape index (κ3) is 1.37. The summed E-state index contributed by atoms with van der Waals surface area (Å²) in [5.41, 5.74) is 0. The van der Waals surface area contributed by atoms with Crippen LogP contribution in [0.15, 0.2) is 0 Å². The molecule has 4 bridgehead atoms. The van der Waals surface area contributed by atoms with Crippen LogP contribution < -0.4 is 0 Å². The largest absolute Gasteiger partial charge is 0.109 e. The summed E-state index contributed by atoms with van der Waals surface area (Å²) in [6.07, 6.45) is 8.50. The molecule has 13 heavy (non-hydrogen) atoms. The molecule has 4 aliphatic carbocycles. The second kappa shape index (κ2) is 2.40. The van der Waals surface area contributed by atoms with Crippen molar-refractivity contribution in [2.45, 2.75) is 52.5 Å². The molecule has 72 valence electrons. The fourth-order valence-electron chi connectivity index (χ4n) is 4.67. The summed E-state index contributed by atoms with van der Waals surface area (Å²) in [5.74, 6) is 0.986. The Morgan fingerprint density at radius 1 is 0.923 bits per heavy atom. The van der Waals surface area contributed by atoms with Crippen molar-refractivity contribution in [1.82, 2.24) is 0 Å². The zero-order valence-corrected chi connectivity index (χ0v) is 11.2. The van der Waals surface area contributed by atoms with E-state index in [1.165, 1.54) is 38.5 Å². The van der Waals surface area contributed by atoms with Gasteiger partial charge in [-0.1, -0.05) is 43.6 Å². The fraction of sp³-hybridized carbons (Fsp3) is 1.00. The van der Waals surface area contributed by atoms with Gasteiger partial charge >= 0.3 is 0 Å². The number of rotatable bonds is 0. The molecule has 2 atom stereocenters. The minimum atomic E-state index is 0.491. The van der Waals surface area contributed by atoms with Crippen molar-refractivity contribution in [3.63, 3.8) is 0 Å². The zero-order valence-electron chi connectivity index (χ0n) is 8.08. The van der Waals surface area contributed by atoms with E-state index in [4.69, 9.17) is 0 Å². The molecule has 0 nitrogen and oxygen atoms in total. The first-order chi connectivity index (χ1) is 5.91. The van der Waals surface area contributed by atoms with Crippen LogP contribution in [0.2, 0.25) is 5.31 Å². The summed E-state index contributed by atoms with van der Waals surface area (Å²) in [6.45, 7) is 0. The van der Waals surface area contributed by atoms with E-state index in [1.54, 1.807) is 0 Å². The van der Waals surface area contributed by atoms with E-state index in [-0.39, 0.29) is 0 Å². The second-order valence-corrected chi connectivity index (χ2v) is 9.49. The Kier molecular flexibility index (Phi) is 1.71. The molecule has 3 heteroatoms. The van der Waals surface area contributed by atoms with Crippen LogP contribution in [-0.4, -0.2) is 16.5 Å². The van der Waals surface area contributed by atoms with Crippen LogP contribution in [0.5, 0.6) is 0 Å². The molecule has 0 spiro atoms. The van der Waals surface area contributed by atoms with Gasteiger partial charge in [-0.15, -0.1) is 0 Å². The number of hydrogen-bond acceptors (Lipinski definition) is 0. The average Bonchev–Trinajstić information content (AvgIpc) is 1.71. The highest BCUT2D eigenvalue weighted by atomic mass is 79.9. The Morgan fingerprint density at radius 3 is 1.85 bits per heavy atom. The van der Waals surface area contributed by atoms with Gasteiger partial charge in [0.15, 0.2) is 0 Å². The van der Waals surface area contributed by atoms with Gasteiger partial charge in [0.05, 0.1) is 0 Å². The van der Waals surface area contributed by atoms with Crippen LogP contribution >= 0.6 is 31.9 Å². The molecule has 4 rings (SSSR count). The summed E-state index contributed by atoms with van der Waals surface area (Å²) in [6, 6.07) is 0. The third-order valence-electron chi connectivity index (χ3n) is 4.21. The highest BCUT2D eigenvalue weighted by Gasteiger charge is 2.59. The van der Waals surface area contributed by atoms with Gasteiger partial charge in [0, 0.05) is 8.65 Å². The summed E-state index contributed by atoms with van der Waals surface area (Å²) in [7, 11) is 2.49. The quantitative estimate of drug-likeness (QED) is 0.477. The van der Waals surface area contributed by atoms with Crippen molar-refractivity contribution in [3.05, 3.63) is 0 Å². The zero-order chi connectivity index (χ0) is 9.32. The van der Waals surface area contributed by atoms with E-state index in [2.05, 4.69) is 39.7 Å². The predicted octanol–water partition coefficient (Wildman–Crippen LogP) is 3.04. The van der Waals surface area contributed by atoms with Crippen LogP contribution in [0.4, 0.5) is 0 Å². The van der Waals surface area contributed by atoms with Gasteiger partial charge in [-0.3, -0.25) is 0 Å². The van der Waals surface area contributed by atoms with Crippen LogP contribution in [0.25, 0.3) is 0 Å². The van der Waals surface area contributed by atoms with E-state index >= 15 is 0 Å². The van der Waals surface area contributed by atoms with Crippen LogP contribution in [0, 0.1) is 5.92 Å². The normalized spacial score (nSPS) is 64.3. The lowest BCUT2D eigenvalue weighted by atomic mass is 9.43. The summed E-state index contributed by atoms with van der Waals surface area (Å²) >= 11 is 8.00. The lowest BCUT2D eigenvalue weighted by Gasteiger charge is -2.63. The maximum atomic E-state index is 4.00. The maximum Gasteiger partial charge on any atom is 0.109 e. The van der Waals surface area contributed by atoms with Gasteiger partial charge in [0.2, 0.25) is 0 Å². The Hall–Kier alpha value is 1.02. The van der Waals surface area contributed by atoms with Gasteiger partial charge in [0.1, 0.15) is 7.85 Å². The van der Waals surface area contributed by atoms with Crippen molar-refractivity contribution >= 4 is 39.7 Å². The Labute approximate surface area is 97.9 Å². The first-order valence-corrected chi connectivity index (χ1v) is 6.87. The number of alkyl halides is 2.